The molecule has 2 amide bonds. The molecule has 9 heteroatoms. The summed E-state index contributed by atoms with van der Waals surface area (Å²) in [5.41, 5.74) is 6.73. The van der Waals surface area contributed by atoms with Crippen molar-refractivity contribution in [3.8, 4) is 0 Å². The Morgan fingerprint density at radius 2 is 1.68 bits per heavy atom. The fourth-order valence-electron chi connectivity index (χ4n) is 6.36. The van der Waals surface area contributed by atoms with E-state index >= 15 is 0 Å². The van der Waals surface area contributed by atoms with E-state index in [-0.39, 0.29) is 23.7 Å². The van der Waals surface area contributed by atoms with Crippen LogP contribution in [0.1, 0.15) is 51.4 Å². The number of nitrogens with two attached hydrogens (primary N) is 1. The number of hydrogen-bond donors (Lipinski definition) is 3. The number of hydrogen-bond acceptors (Lipinski definition) is 6. The number of piperidine rings is 3. The Balaban J connectivity index is 1.13. The number of benzene rings is 1. The van der Waals surface area contributed by atoms with E-state index in [2.05, 4.69) is 15.5 Å². The number of rotatable bonds is 5. The van der Waals surface area contributed by atoms with Crippen LogP contribution in [0, 0.1) is 23.0 Å². The van der Waals surface area contributed by atoms with Gasteiger partial charge in [-0.2, -0.15) is 0 Å². The van der Waals surface area contributed by atoms with Crippen LogP contribution in [-0.4, -0.2) is 61.5 Å². The summed E-state index contributed by atoms with van der Waals surface area (Å²) in [6.07, 6.45) is 7.19. The van der Waals surface area contributed by atoms with E-state index in [1.165, 1.54) is 37.8 Å². The average Bonchev–Trinajstić information content (AvgIpc) is 2.77. The fraction of sp³-hybridized carbons (Fsp3) is 0.680. The predicted molar refractivity (Wildman–Crippen MR) is 126 cm³/mol. The van der Waals surface area contributed by atoms with Gasteiger partial charge < -0.3 is 20.9 Å². The van der Waals surface area contributed by atoms with Crippen LogP contribution in [0.5, 0.6) is 0 Å². The zero-order valence-corrected chi connectivity index (χ0v) is 19.6. The molecule has 3 heterocycles. The number of likely N-dealkylation sites (tertiary alicyclic amines) is 1. The Morgan fingerprint density at radius 1 is 1.03 bits per heavy atom. The normalized spacial score (nSPS) is 26.4. The van der Waals surface area contributed by atoms with Crippen LogP contribution in [0.15, 0.2) is 12.1 Å². The van der Waals surface area contributed by atoms with Crippen LogP contribution < -0.4 is 21.3 Å². The van der Waals surface area contributed by atoms with Gasteiger partial charge in [-0.25, -0.2) is 8.78 Å². The Bertz CT molecular complexity index is 910. The van der Waals surface area contributed by atoms with Crippen LogP contribution in [0.4, 0.5) is 20.2 Å². The van der Waals surface area contributed by atoms with Crippen LogP contribution >= 0.6 is 0 Å². The van der Waals surface area contributed by atoms with Crippen molar-refractivity contribution in [2.75, 3.05) is 42.9 Å². The van der Waals surface area contributed by atoms with Crippen LogP contribution in [0.2, 0.25) is 0 Å². The van der Waals surface area contributed by atoms with Crippen molar-refractivity contribution in [3.05, 3.63) is 23.8 Å². The minimum atomic E-state index is -0.677. The molecule has 4 fully saturated rings. The summed E-state index contributed by atoms with van der Waals surface area (Å²) in [5.74, 6) is -1.51. The molecule has 1 saturated carbocycles. The monoisotopic (exact) mass is 475 g/mol. The van der Waals surface area contributed by atoms with E-state index < -0.39 is 23.6 Å². The lowest BCUT2D eigenvalue weighted by Crippen LogP contribution is -2.52. The average molecular weight is 476 g/mol. The van der Waals surface area contributed by atoms with Crippen molar-refractivity contribution in [2.24, 2.45) is 17.1 Å². The first-order valence-electron chi connectivity index (χ1n) is 12.6. The number of carbonyl (C=O) groups is 2. The summed E-state index contributed by atoms with van der Waals surface area (Å²) >= 11 is 0. The second-order valence-corrected chi connectivity index (χ2v) is 10.8. The first-order valence-corrected chi connectivity index (χ1v) is 12.6. The Kier molecular flexibility index (Phi) is 6.50. The van der Waals surface area contributed by atoms with Gasteiger partial charge in [0.05, 0.1) is 0 Å². The zero-order chi connectivity index (χ0) is 23.9. The summed E-state index contributed by atoms with van der Waals surface area (Å²) in [6.45, 7) is 4.60. The highest BCUT2D eigenvalue weighted by atomic mass is 19.1. The van der Waals surface area contributed by atoms with Gasteiger partial charge in [-0.05, 0) is 81.5 Å². The molecule has 1 aromatic rings. The molecule has 3 saturated heterocycles. The van der Waals surface area contributed by atoms with Gasteiger partial charge in [-0.1, -0.05) is 0 Å². The molecule has 0 bridgehead atoms. The zero-order valence-electron chi connectivity index (χ0n) is 19.6. The molecular formula is C25H35F2N5O2. The van der Waals surface area contributed by atoms with Gasteiger partial charge in [0.25, 0.3) is 0 Å². The maximum atomic E-state index is 14.9. The van der Waals surface area contributed by atoms with Crippen molar-refractivity contribution in [1.29, 1.82) is 0 Å². The molecule has 186 valence electrons. The fourth-order valence-corrected chi connectivity index (χ4v) is 6.36. The predicted octanol–water partition coefficient (Wildman–Crippen LogP) is 2.60. The van der Waals surface area contributed by atoms with Crippen molar-refractivity contribution in [3.63, 3.8) is 0 Å². The highest BCUT2D eigenvalue weighted by Gasteiger charge is 2.44. The van der Waals surface area contributed by atoms with Crippen LogP contribution in [0.25, 0.3) is 0 Å². The standard InChI is InChI=1S/C25H35F2N5O2/c26-19-11-18(29-21-1-2-22(33)30-24(21)34)12-20(27)23(19)32-7-3-16(4-8-32)15-31-9-5-25(6-10-31)13-17(28)14-25/h11-12,16-17,21,29H,1-10,13-15,28H2,(H,30,33,34). The topological polar surface area (TPSA) is 90.7 Å². The molecule has 1 atom stereocenters. The van der Waals surface area contributed by atoms with Gasteiger partial charge in [0.15, 0.2) is 11.6 Å². The first kappa shape index (κ1) is 23.5. The molecule has 0 aromatic heterocycles. The molecule has 4 N–H and O–H groups in total. The summed E-state index contributed by atoms with van der Waals surface area (Å²) in [4.78, 5) is 27.6. The molecule has 1 spiro atoms. The number of nitrogens with one attached hydrogen (secondary N) is 2. The highest BCUT2D eigenvalue weighted by Crippen LogP contribution is 2.48. The van der Waals surface area contributed by atoms with Crippen molar-refractivity contribution in [1.82, 2.24) is 10.2 Å². The van der Waals surface area contributed by atoms with E-state index in [9.17, 15) is 18.4 Å². The third-order valence-electron chi connectivity index (χ3n) is 8.35. The third-order valence-corrected chi connectivity index (χ3v) is 8.35. The molecule has 7 nitrogen and oxygen atoms in total. The number of carbonyl (C=O) groups excluding carboxylic acids is 2. The number of halogens is 2. The smallest absolute Gasteiger partial charge is 0.249 e. The van der Waals surface area contributed by atoms with Gasteiger partial charge in [0, 0.05) is 37.8 Å². The summed E-state index contributed by atoms with van der Waals surface area (Å²) in [7, 11) is 0. The minimum absolute atomic E-state index is 0.00788. The second kappa shape index (κ2) is 9.41. The molecule has 1 unspecified atom stereocenters. The lowest BCUT2D eigenvalue weighted by Gasteiger charge is -2.51. The van der Waals surface area contributed by atoms with Gasteiger partial charge in [0.1, 0.15) is 11.7 Å². The SMILES string of the molecule is NC1CC2(CCN(CC3CCN(c4c(F)cc(NC5CCC(=O)NC5=O)cc4F)CC3)CC2)C1. The lowest BCUT2D eigenvalue weighted by atomic mass is 9.60. The summed E-state index contributed by atoms with van der Waals surface area (Å²) in [6, 6.07) is 2.21. The Hall–Kier alpha value is -2.26. The van der Waals surface area contributed by atoms with Gasteiger partial charge in [-0.15, -0.1) is 0 Å². The maximum Gasteiger partial charge on any atom is 0.249 e. The van der Waals surface area contributed by atoms with E-state index in [0.717, 1.165) is 32.5 Å². The van der Waals surface area contributed by atoms with Gasteiger partial charge >= 0.3 is 0 Å². The largest absolute Gasteiger partial charge is 0.373 e. The first-order chi connectivity index (χ1) is 16.3. The number of nitrogens with zero attached hydrogens (tertiary/aromatic N) is 2. The quantitative estimate of drug-likeness (QED) is 0.568. The number of imide groups is 1. The Morgan fingerprint density at radius 3 is 2.26 bits per heavy atom. The third kappa shape index (κ3) is 4.91. The van der Waals surface area contributed by atoms with Crippen LogP contribution in [0.3, 0.4) is 0 Å². The summed E-state index contributed by atoms with van der Waals surface area (Å²) in [5, 5.41) is 5.10. The molecule has 1 aromatic carbocycles. The molecule has 34 heavy (non-hydrogen) atoms. The van der Waals surface area contributed by atoms with Crippen LogP contribution in [-0.2, 0) is 9.59 Å². The van der Waals surface area contributed by atoms with Gasteiger partial charge in [-0.3, -0.25) is 14.9 Å². The van der Waals surface area contributed by atoms with E-state index in [0.29, 0.717) is 36.9 Å². The van der Waals surface area contributed by atoms with Gasteiger partial charge in [0.2, 0.25) is 11.8 Å². The molecule has 3 aliphatic heterocycles. The highest BCUT2D eigenvalue weighted by molar-refractivity contribution is 6.01. The van der Waals surface area contributed by atoms with E-state index in [4.69, 9.17) is 5.73 Å². The molecule has 5 rings (SSSR count). The second-order valence-electron chi connectivity index (χ2n) is 10.8. The van der Waals surface area contributed by atoms with Crippen molar-refractivity contribution in [2.45, 2.75) is 63.5 Å². The maximum absolute atomic E-state index is 14.9. The molecule has 1 aliphatic carbocycles. The summed E-state index contributed by atoms with van der Waals surface area (Å²) < 4.78 is 29.8. The number of amides is 2. The van der Waals surface area contributed by atoms with Crippen molar-refractivity contribution < 1.29 is 18.4 Å². The molecular weight excluding hydrogens is 440 g/mol. The van der Waals surface area contributed by atoms with Crippen molar-refractivity contribution >= 4 is 23.2 Å². The molecule has 4 aliphatic rings. The van der Waals surface area contributed by atoms with E-state index in [1.54, 1.807) is 4.90 Å². The lowest BCUT2D eigenvalue weighted by molar-refractivity contribution is -0.133. The minimum Gasteiger partial charge on any atom is -0.373 e. The Labute approximate surface area is 199 Å². The van der Waals surface area contributed by atoms with E-state index in [1.807, 2.05) is 0 Å². The number of anilines is 2. The molecule has 0 radical (unpaired) electrons.